The Hall–Kier alpha value is -0.910. The van der Waals surface area contributed by atoms with Gasteiger partial charge in [0.1, 0.15) is 11.9 Å². The van der Waals surface area contributed by atoms with Crippen LogP contribution in [0.3, 0.4) is 0 Å². The van der Waals surface area contributed by atoms with Crippen molar-refractivity contribution in [2.24, 2.45) is 0 Å². The summed E-state index contributed by atoms with van der Waals surface area (Å²) in [4.78, 5) is 4.24. The van der Waals surface area contributed by atoms with Gasteiger partial charge < -0.3 is 9.84 Å². The normalized spacial score (nSPS) is 22.9. The van der Waals surface area contributed by atoms with E-state index in [0.29, 0.717) is 6.42 Å². The van der Waals surface area contributed by atoms with Crippen LogP contribution in [-0.2, 0) is 0 Å². The molecule has 1 unspecified atom stereocenters. The zero-order chi connectivity index (χ0) is 11.8. The zero-order valence-corrected chi connectivity index (χ0v) is 11.2. The largest absolute Gasteiger partial charge is 0.484 e. The first kappa shape index (κ1) is 11.2. The third-order valence-corrected chi connectivity index (χ3v) is 3.92. The maximum atomic E-state index is 10.1. The maximum absolute atomic E-state index is 10.1. The van der Waals surface area contributed by atoms with Crippen molar-refractivity contribution < 1.29 is 9.84 Å². The third kappa shape index (κ3) is 2.10. The highest BCUT2D eigenvalue weighted by Gasteiger charge is 2.29. The molecule has 1 aliphatic rings. The lowest BCUT2D eigenvalue weighted by Crippen LogP contribution is -2.19. The van der Waals surface area contributed by atoms with Crippen molar-refractivity contribution >= 4 is 27.3 Å². The average Bonchev–Trinajstić information content (AvgIpc) is 2.81. The van der Waals surface area contributed by atoms with Gasteiger partial charge in [0.15, 0.2) is 0 Å². The number of aliphatic hydroxyl groups is 1. The number of aliphatic hydroxyl groups excluding tert-OH is 1. The highest BCUT2D eigenvalue weighted by molar-refractivity contribution is 9.10. The molecule has 0 radical (unpaired) electrons. The van der Waals surface area contributed by atoms with E-state index in [9.17, 15) is 5.11 Å². The van der Waals surface area contributed by atoms with Gasteiger partial charge in [0.25, 0.3) is 0 Å². The van der Waals surface area contributed by atoms with Crippen LogP contribution in [0.5, 0.6) is 5.75 Å². The smallest absolute Gasteiger partial charge is 0.144 e. The van der Waals surface area contributed by atoms with Gasteiger partial charge in [0, 0.05) is 21.8 Å². The topological polar surface area (TPSA) is 42.4 Å². The summed E-state index contributed by atoms with van der Waals surface area (Å²) in [7, 11) is 0. The predicted molar refractivity (Wildman–Crippen MR) is 69.2 cm³/mol. The van der Waals surface area contributed by atoms with Gasteiger partial charge >= 0.3 is 0 Å². The molecule has 17 heavy (non-hydrogen) atoms. The lowest BCUT2D eigenvalue weighted by Gasteiger charge is -2.28. The maximum Gasteiger partial charge on any atom is 0.144 e. The molecule has 0 saturated heterocycles. The van der Waals surface area contributed by atoms with Crippen molar-refractivity contribution in [2.75, 3.05) is 0 Å². The van der Waals surface area contributed by atoms with Crippen molar-refractivity contribution in [1.82, 2.24) is 4.98 Å². The molecule has 2 aromatic rings. The Bertz CT molecular complexity index is 529. The Kier molecular flexibility index (Phi) is 2.90. The number of nitrogens with zero attached hydrogens (tertiary/aromatic N) is 1. The lowest BCUT2D eigenvalue weighted by atomic mass is 9.98. The Morgan fingerprint density at radius 3 is 3.12 bits per heavy atom. The first-order valence-electron chi connectivity index (χ1n) is 5.26. The fraction of sp³-hybridized carbons (Fsp3) is 0.250. The van der Waals surface area contributed by atoms with E-state index in [1.165, 1.54) is 11.3 Å². The van der Waals surface area contributed by atoms with E-state index in [1.807, 2.05) is 23.6 Å². The summed E-state index contributed by atoms with van der Waals surface area (Å²) < 4.78 is 6.83. The second kappa shape index (κ2) is 4.40. The van der Waals surface area contributed by atoms with Gasteiger partial charge in [0.05, 0.1) is 17.3 Å². The minimum absolute atomic E-state index is 0.155. The van der Waals surface area contributed by atoms with E-state index in [-0.39, 0.29) is 6.10 Å². The van der Waals surface area contributed by atoms with Gasteiger partial charge in [-0.25, -0.2) is 4.98 Å². The van der Waals surface area contributed by atoms with Crippen LogP contribution in [0.1, 0.15) is 29.9 Å². The molecule has 1 aromatic carbocycles. The molecule has 0 fully saturated rings. The number of halogens is 1. The van der Waals surface area contributed by atoms with Crippen molar-refractivity contribution in [3.05, 3.63) is 44.8 Å². The molecular weight excluding hydrogens is 302 g/mol. The molecule has 3 nitrogen and oxygen atoms in total. The summed E-state index contributed by atoms with van der Waals surface area (Å²) in [5.41, 5.74) is 3.51. The van der Waals surface area contributed by atoms with Crippen LogP contribution in [-0.4, -0.2) is 10.1 Å². The van der Waals surface area contributed by atoms with Gasteiger partial charge in [-0.3, -0.25) is 0 Å². The molecule has 88 valence electrons. The Balaban J connectivity index is 1.97. The first-order chi connectivity index (χ1) is 8.24. The molecule has 0 aliphatic carbocycles. The summed E-state index contributed by atoms with van der Waals surface area (Å²) >= 11 is 4.94. The van der Waals surface area contributed by atoms with Gasteiger partial charge in [-0.2, -0.15) is 0 Å². The highest BCUT2D eigenvalue weighted by atomic mass is 79.9. The monoisotopic (exact) mass is 311 g/mol. The van der Waals surface area contributed by atoms with Crippen LogP contribution in [0.25, 0.3) is 0 Å². The Morgan fingerprint density at radius 2 is 2.35 bits per heavy atom. The second-order valence-corrected chi connectivity index (χ2v) is 5.59. The number of aromatic nitrogens is 1. The van der Waals surface area contributed by atoms with Gasteiger partial charge in [0.2, 0.25) is 0 Å². The summed E-state index contributed by atoms with van der Waals surface area (Å²) in [6.07, 6.45) is -0.0881. The van der Waals surface area contributed by atoms with E-state index < -0.39 is 6.10 Å². The van der Waals surface area contributed by atoms with E-state index in [4.69, 9.17) is 4.74 Å². The third-order valence-electron chi connectivity index (χ3n) is 2.82. The lowest BCUT2D eigenvalue weighted by molar-refractivity contribution is 0.0639. The first-order valence-corrected chi connectivity index (χ1v) is 7.00. The standard InChI is InChI=1S/C12H10BrNO2S/c13-7-1-2-8-10(15)4-12(16-11(8)3-7)9-5-17-6-14-9/h1-3,5-6,10,12,15H,4H2/t10-,12?/m0/s1. The molecular formula is C12H10BrNO2S. The molecule has 0 spiro atoms. The fourth-order valence-corrected chi connectivity index (χ4v) is 2.91. The summed E-state index contributed by atoms with van der Waals surface area (Å²) in [6, 6.07) is 5.69. The van der Waals surface area contributed by atoms with Gasteiger partial charge in [-0.05, 0) is 12.1 Å². The van der Waals surface area contributed by atoms with Crippen LogP contribution in [0.4, 0.5) is 0 Å². The van der Waals surface area contributed by atoms with Gasteiger partial charge in [-0.15, -0.1) is 11.3 Å². The van der Waals surface area contributed by atoms with E-state index in [2.05, 4.69) is 20.9 Å². The SMILES string of the molecule is O[C@H]1CC(c2cscn2)Oc2cc(Br)ccc21. The van der Waals surface area contributed by atoms with Crippen LogP contribution in [0.2, 0.25) is 0 Å². The van der Waals surface area contributed by atoms with Crippen molar-refractivity contribution in [1.29, 1.82) is 0 Å². The van der Waals surface area contributed by atoms with Gasteiger partial charge in [-0.1, -0.05) is 22.0 Å². The number of benzene rings is 1. The van der Waals surface area contributed by atoms with E-state index in [0.717, 1.165) is 21.5 Å². The number of hydrogen-bond acceptors (Lipinski definition) is 4. The molecule has 2 heterocycles. The summed E-state index contributed by atoms with van der Waals surface area (Å²) in [6.45, 7) is 0. The molecule has 1 aliphatic heterocycles. The Labute approximate surface area is 111 Å². The van der Waals surface area contributed by atoms with E-state index >= 15 is 0 Å². The van der Waals surface area contributed by atoms with Crippen LogP contribution < -0.4 is 4.74 Å². The van der Waals surface area contributed by atoms with Crippen molar-refractivity contribution in [3.63, 3.8) is 0 Å². The quantitative estimate of drug-likeness (QED) is 0.877. The number of thiazole rings is 1. The number of rotatable bonds is 1. The van der Waals surface area contributed by atoms with Crippen LogP contribution in [0.15, 0.2) is 33.6 Å². The molecule has 5 heteroatoms. The minimum Gasteiger partial charge on any atom is -0.484 e. The van der Waals surface area contributed by atoms with E-state index in [1.54, 1.807) is 5.51 Å². The molecule has 0 saturated carbocycles. The molecule has 0 bridgehead atoms. The van der Waals surface area contributed by atoms with Crippen LogP contribution in [0, 0.1) is 0 Å². The van der Waals surface area contributed by atoms with Crippen molar-refractivity contribution in [2.45, 2.75) is 18.6 Å². The summed E-state index contributed by atoms with van der Waals surface area (Å²) in [5.74, 6) is 0.733. The summed E-state index contributed by atoms with van der Waals surface area (Å²) in [5, 5.41) is 12.1. The van der Waals surface area contributed by atoms with Crippen molar-refractivity contribution in [3.8, 4) is 5.75 Å². The molecule has 3 rings (SSSR count). The number of ether oxygens (including phenoxy) is 1. The predicted octanol–water partition coefficient (Wildman–Crippen LogP) is 3.46. The molecule has 1 N–H and O–H groups in total. The second-order valence-electron chi connectivity index (χ2n) is 3.95. The molecule has 1 aromatic heterocycles. The minimum atomic E-state index is -0.487. The zero-order valence-electron chi connectivity index (χ0n) is 8.84. The molecule has 0 amide bonds. The molecule has 2 atom stereocenters. The Morgan fingerprint density at radius 1 is 1.47 bits per heavy atom. The number of fused-ring (bicyclic) bond motifs is 1. The average molecular weight is 312 g/mol. The number of hydrogen-bond donors (Lipinski definition) is 1. The van der Waals surface area contributed by atoms with Crippen LogP contribution >= 0.6 is 27.3 Å². The highest BCUT2D eigenvalue weighted by Crippen LogP contribution is 2.41. The fourth-order valence-electron chi connectivity index (χ4n) is 1.98.